The van der Waals surface area contributed by atoms with Crippen LogP contribution in [-0.2, 0) is 4.79 Å². The number of fused-ring (bicyclic) bond motifs is 1. The summed E-state index contributed by atoms with van der Waals surface area (Å²) in [6.45, 7) is 1.85. The molecule has 0 saturated heterocycles. The number of carbonyl (C=O) groups excluding carboxylic acids is 1. The van der Waals surface area contributed by atoms with Crippen LogP contribution in [0, 0.1) is 0 Å². The highest BCUT2D eigenvalue weighted by molar-refractivity contribution is 8.00. The number of imidazole rings is 1. The molecule has 0 bridgehead atoms. The number of benzene rings is 2. The van der Waals surface area contributed by atoms with Gasteiger partial charge in [-0.15, -0.1) is 0 Å². The topological polar surface area (TPSA) is 57.8 Å². The van der Waals surface area contributed by atoms with E-state index in [9.17, 15) is 4.79 Å². The Morgan fingerprint density at radius 2 is 1.95 bits per heavy atom. The van der Waals surface area contributed by atoms with Crippen molar-refractivity contribution in [3.8, 4) is 0 Å². The highest BCUT2D eigenvalue weighted by Gasteiger charge is 2.16. The molecule has 0 radical (unpaired) electrons. The molecule has 1 amide bonds. The second-order valence-electron chi connectivity index (χ2n) is 4.82. The van der Waals surface area contributed by atoms with Gasteiger partial charge in [0.15, 0.2) is 5.16 Å². The second-order valence-corrected chi connectivity index (χ2v) is 6.58. The van der Waals surface area contributed by atoms with Crippen LogP contribution < -0.4 is 5.32 Å². The fraction of sp³-hybridized carbons (Fsp3) is 0.125. The van der Waals surface area contributed by atoms with Gasteiger partial charge in [0.25, 0.3) is 0 Å². The summed E-state index contributed by atoms with van der Waals surface area (Å²) in [6, 6.07) is 14.8. The largest absolute Gasteiger partial charge is 0.333 e. The van der Waals surface area contributed by atoms with Gasteiger partial charge in [0, 0.05) is 10.7 Å². The zero-order valence-electron chi connectivity index (χ0n) is 11.8. The van der Waals surface area contributed by atoms with Crippen molar-refractivity contribution in [3.63, 3.8) is 0 Å². The van der Waals surface area contributed by atoms with E-state index in [0.717, 1.165) is 21.9 Å². The van der Waals surface area contributed by atoms with E-state index in [2.05, 4.69) is 15.3 Å². The molecule has 0 spiro atoms. The lowest BCUT2D eigenvalue weighted by Crippen LogP contribution is -2.22. The molecule has 0 aliphatic rings. The van der Waals surface area contributed by atoms with E-state index in [1.54, 1.807) is 24.3 Å². The Labute approximate surface area is 137 Å². The van der Waals surface area contributed by atoms with Crippen molar-refractivity contribution >= 4 is 46.0 Å². The van der Waals surface area contributed by atoms with Gasteiger partial charge >= 0.3 is 0 Å². The lowest BCUT2D eigenvalue weighted by atomic mass is 10.3. The average molecular weight is 332 g/mol. The molecule has 22 heavy (non-hydrogen) atoms. The molecule has 1 aromatic heterocycles. The minimum atomic E-state index is -0.267. The predicted molar refractivity (Wildman–Crippen MR) is 91.5 cm³/mol. The number of carbonyl (C=O) groups is 1. The number of nitrogens with zero attached hydrogens (tertiary/aromatic N) is 1. The molecule has 1 unspecified atom stereocenters. The Kier molecular flexibility index (Phi) is 4.36. The number of nitrogens with one attached hydrogen (secondary N) is 2. The maximum Gasteiger partial charge on any atom is 0.237 e. The molecule has 0 fully saturated rings. The first-order valence-corrected chi connectivity index (χ1v) is 8.05. The van der Waals surface area contributed by atoms with Gasteiger partial charge in [-0.3, -0.25) is 4.79 Å². The molecule has 3 rings (SSSR count). The van der Waals surface area contributed by atoms with Gasteiger partial charge in [0.05, 0.1) is 16.3 Å². The quantitative estimate of drug-likeness (QED) is 0.699. The molecular formula is C16H14ClN3OS. The van der Waals surface area contributed by atoms with Crippen LogP contribution in [0.2, 0.25) is 5.02 Å². The van der Waals surface area contributed by atoms with Gasteiger partial charge in [-0.25, -0.2) is 4.98 Å². The summed E-state index contributed by atoms with van der Waals surface area (Å²) in [7, 11) is 0. The number of hydrogen-bond donors (Lipinski definition) is 2. The molecule has 1 atom stereocenters. The highest BCUT2D eigenvalue weighted by Crippen LogP contribution is 2.24. The van der Waals surface area contributed by atoms with Crippen molar-refractivity contribution in [1.29, 1.82) is 0 Å². The van der Waals surface area contributed by atoms with Crippen LogP contribution in [0.1, 0.15) is 6.92 Å². The first-order valence-electron chi connectivity index (χ1n) is 6.79. The molecular weight excluding hydrogens is 318 g/mol. The summed E-state index contributed by atoms with van der Waals surface area (Å²) in [4.78, 5) is 19.9. The highest BCUT2D eigenvalue weighted by atomic mass is 35.5. The average Bonchev–Trinajstić information content (AvgIpc) is 2.91. The Morgan fingerprint density at radius 1 is 1.23 bits per heavy atom. The second kappa shape index (κ2) is 6.42. The van der Waals surface area contributed by atoms with Crippen LogP contribution in [0.4, 0.5) is 5.69 Å². The molecule has 1 heterocycles. The molecule has 2 N–H and O–H groups in total. The molecule has 0 aliphatic carbocycles. The number of halogens is 1. The van der Waals surface area contributed by atoms with Crippen LogP contribution >= 0.6 is 23.4 Å². The van der Waals surface area contributed by atoms with Gasteiger partial charge in [-0.1, -0.05) is 35.5 Å². The first kappa shape index (κ1) is 14.9. The van der Waals surface area contributed by atoms with E-state index < -0.39 is 0 Å². The van der Waals surface area contributed by atoms with Crippen molar-refractivity contribution < 1.29 is 4.79 Å². The van der Waals surface area contributed by atoms with E-state index in [1.165, 1.54) is 11.8 Å². The van der Waals surface area contributed by atoms with Gasteiger partial charge in [0.2, 0.25) is 5.91 Å². The lowest BCUT2D eigenvalue weighted by molar-refractivity contribution is -0.115. The summed E-state index contributed by atoms with van der Waals surface area (Å²) < 4.78 is 0. The molecule has 6 heteroatoms. The Morgan fingerprint density at radius 3 is 2.68 bits per heavy atom. The standard InChI is InChI=1S/C16H14ClN3OS/c1-10(15(21)18-12-8-6-11(17)7-9-12)22-16-19-13-4-2-3-5-14(13)20-16/h2-10H,1H3,(H,18,21)(H,19,20). The lowest BCUT2D eigenvalue weighted by Gasteiger charge is -2.10. The molecule has 4 nitrogen and oxygen atoms in total. The minimum absolute atomic E-state index is 0.0761. The van der Waals surface area contributed by atoms with E-state index in [4.69, 9.17) is 11.6 Å². The van der Waals surface area contributed by atoms with Crippen molar-refractivity contribution in [1.82, 2.24) is 9.97 Å². The van der Waals surface area contributed by atoms with E-state index in [1.807, 2.05) is 31.2 Å². The molecule has 0 aliphatic heterocycles. The molecule has 112 valence electrons. The fourth-order valence-corrected chi connectivity index (χ4v) is 2.93. The number of hydrogen-bond acceptors (Lipinski definition) is 3. The Balaban J connectivity index is 1.66. The summed E-state index contributed by atoms with van der Waals surface area (Å²) in [6.07, 6.45) is 0. The first-order chi connectivity index (χ1) is 10.6. The SMILES string of the molecule is CC(Sc1nc2ccccc2[nH]1)C(=O)Nc1ccc(Cl)cc1. The number of para-hydroxylation sites is 2. The normalized spacial score (nSPS) is 12.3. The maximum atomic E-state index is 12.2. The van der Waals surface area contributed by atoms with Crippen LogP contribution in [0.3, 0.4) is 0 Å². The summed E-state index contributed by atoms with van der Waals surface area (Å²) >= 11 is 7.22. The van der Waals surface area contributed by atoms with Crippen LogP contribution in [-0.4, -0.2) is 21.1 Å². The smallest absolute Gasteiger partial charge is 0.237 e. The van der Waals surface area contributed by atoms with Crippen molar-refractivity contribution in [2.75, 3.05) is 5.32 Å². The number of thioether (sulfide) groups is 1. The zero-order chi connectivity index (χ0) is 15.5. The summed E-state index contributed by atoms with van der Waals surface area (Å²) in [5, 5.41) is 3.97. The number of aromatic nitrogens is 2. The zero-order valence-corrected chi connectivity index (χ0v) is 13.4. The third kappa shape index (κ3) is 3.43. The fourth-order valence-electron chi connectivity index (χ4n) is 1.98. The van der Waals surface area contributed by atoms with Crippen molar-refractivity contribution in [2.45, 2.75) is 17.3 Å². The van der Waals surface area contributed by atoms with E-state index in [-0.39, 0.29) is 11.2 Å². The molecule has 2 aromatic carbocycles. The van der Waals surface area contributed by atoms with Crippen LogP contribution in [0.15, 0.2) is 53.7 Å². The Hall–Kier alpha value is -1.98. The number of rotatable bonds is 4. The van der Waals surface area contributed by atoms with E-state index >= 15 is 0 Å². The predicted octanol–water partition coefficient (Wildman–Crippen LogP) is 4.34. The number of anilines is 1. The van der Waals surface area contributed by atoms with Gasteiger partial charge in [0.1, 0.15) is 0 Å². The Bertz CT molecular complexity index is 768. The maximum absolute atomic E-state index is 12.2. The van der Waals surface area contributed by atoms with Crippen LogP contribution in [0.5, 0.6) is 0 Å². The monoisotopic (exact) mass is 331 g/mol. The molecule has 3 aromatic rings. The third-order valence-electron chi connectivity index (χ3n) is 3.14. The van der Waals surface area contributed by atoms with Gasteiger partial charge < -0.3 is 10.3 Å². The molecule has 0 saturated carbocycles. The number of amides is 1. The van der Waals surface area contributed by atoms with Crippen LogP contribution in [0.25, 0.3) is 11.0 Å². The van der Waals surface area contributed by atoms with Gasteiger partial charge in [-0.05, 0) is 43.3 Å². The third-order valence-corrected chi connectivity index (χ3v) is 4.37. The van der Waals surface area contributed by atoms with Crippen molar-refractivity contribution in [2.24, 2.45) is 0 Å². The summed E-state index contributed by atoms with van der Waals surface area (Å²) in [5.74, 6) is -0.0761. The minimum Gasteiger partial charge on any atom is -0.333 e. The van der Waals surface area contributed by atoms with Crippen molar-refractivity contribution in [3.05, 3.63) is 53.6 Å². The number of aromatic amines is 1. The van der Waals surface area contributed by atoms with E-state index in [0.29, 0.717) is 5.02 Å². The van der Waals surface area contributed by atoms with Gasteiger partial charge in [-0.2, -0.15) is 0 Å². The number of H-pyrrole nitrogens is 1. The summed E-state index contributed by atoms with van der Waals surface area (Å²) in [5.41, 5.74) is 2.59.